The van der Waals surface area contributed by atoms with Gasteiger partial charge in [0.2, 0.25) is 0 Å². The second kappa shape index (κ2) is 10.3. The summed E-state index contributed by atoms with van der Waals surface area (Å²) in [7, 11) is 3.96. The number of hydrogen-bond donors (Lipinski definition) is 1. The SMILES string of the molecule is CCN1CCCC1CN(C)C(=NC)NCCOCc1ccccc1. The molecule has 0 aromatic heterocycles. The van der Waals surface area contributed by atoms with E-state index in [4.69, 9.17) is 4.74 Å². The van der Waals surface area contributed by atoms with E-state index in [9.17, 15) is 0 Å². The van der Waals surface area contributed by atoms with Gasteiger partial charge in [-0.25, -0.2) is 0 Å². The van der Waals surface area contributed by atoms with E-state index in [1.54, 1.807) is 0 Å². The largest absolute Gasteiger partial charge is 0.375 e. The van der Waals surface area contributed by atoms with Gasteiger partial charge in [-0.15, -0.1) is 0 Å². The van der Waals surface area contributed by atoms with Crippen molar-refractivity contribution in [1.29, 1.82) is 0 Å². The summed E-state index contributed by atoms with van der Waals surface area (Å²) in [5, 5.41) is 3.39. The molecular formula is C19H32N4O. The van der Waals surface area contributed by atoms with E-state index in [1.165, 1.54) is 24.9 Å². The number of ether oxygens (including phenoxy) is 1. The summed E-state index contributed by atoms with van der Waals surface area (Å²) in [4.78, 5) is 9.19. The van der Waals surface area contributed by atoms with Crippen molar-refractivity contribution in [1.82, 2.24) is 15.1 Å². The van der Waals surface area contributed by atoms with E-state index >= 15 is 0 Å². The molecular weight excluding hydrogens is 300 g/mol. The van der Waals surface area contributed by atoms with Crippen molar-refractivity contribution in [2.24, 2.45) is 4.99 Å². The van der Waals surface area contributed by atoms with E-state index in [1.807, 2.05) is 25.2 Å². The number of nitrogens with zero attached hydrogens (tertiary/aromatic N) is 3. The lowest BCUT2D eigenvalue weighted by Gasteiger charge is -2.29. The third-order valence-electron chi connectivity index (χ3n) is 4.60. The molecule has 1 aromatic carbocycles. The zero-order chi connectivity index (χ0) is 17.2. The van der Waals surface area contributed by atoms with Crippen molar-refractivity contribution in [2.75, 3.05) is 46.9 Å². The third-order valence-corrected chi connectivity index (χ3v) is 4.60. The summed E-state index contributed by atoms with van der Waals surface area (Å²) in [5.74, 6) is 0.946. The fourth-order valence-electron chi connectivity index (χ4n) is 3.30. The predicted molar refractivity (Wildman–Crippen MR) is 100 cm³/mol. The number of aliphatic imine (C=N–C) groups is 1. The Hall–Kier alpha value is -1.59. The number of likely N-dealkylation sites (tertiary alicyclic amines) is 1. The standard InChI is InChI=1S/C19H32N4O/c1-4-23-13-8-11-18(23)15-22(3)19(20-2)21-12-14-24-16-17-9-6-5-7-10-17/h5-7,9-10,18H,4,8,11-16H2,1-3H3,(H,20,21). The molecule has 5 nitrogen and oxygen atoms in total. The predicted octanol–water partition coefficient (Wildman–Crippen LogP) is 2.19. The minimum atomic E-state index is 0.646. The first-order valence-electron chi connectivity index (χ1n) is 9.02. The summed E-state index contributed by atoms with van der Waals surface area (Å²) in [6, 6.07) is 10.9. The molecule has 1 N–H and O–H groups in total. The average Bonchev–Trinajstić information content (AvgIpc) is 3.06. The minimum absolute atomic E-state index is 0.646. The maximum Gasteiger partial charge on any atom is 0.193 e. The molecule has 5 heteroatoms. The van der Waals surface area contributed by atoms with Gasteiger partial charge in [-0.05, 0) is 31.5 Å². The van der Waals surface area contributed by atoms with Gasteiger partial charge in [0.1, 0.15) is 0 Å². The Bertz CT molecular complexity index is 491. The lowest BCUT2D eigenvalue weighted by atomic mass is 10.2. The normalized spacial score (nSPS) is 18.8. The molecule has 0 bridgehead atoms. The van der Waals surface area contributed by atoms with Gasteiger partial charge >= 0.3 is 0 Å². The van der Waals surface area contributed by atoms with Crippen molar-refractivity contribution < 1.29 is 4.74 Å². The molecule has 1 aromatic rings. The fourth-order valence-corrected chi connectivity index (χ4v) is 3.30. The second-order valence-electron chi connectivity index (χ2n) is 6.32. The Morgan fingerprint density at radius 1 is 1.38 bits per heavy atom. The van der Waals surface area contributed by atoms with Crippen molar-refractivity contribution >= 4 is 5.96 Å². The first-order chi connectivity index (χ1) is 11.7. The van der Waals surface area contributed by atoms with Gasteiger partial charge in [0.25, 0.3) is 0 Å². The highest BCUT2D eigenvalue weighted by Crippen LogP contribution is 2.17. The van der Waals surface area contributed by atoms with Crippen LogP contribution >= 0.6 is 0 Å². The monoisotopic (exact) mass is 332 g/mol. The number of rotatable bonds is 8. The molecule has 1 saturated heterocycles. The molecule has 1 unspecified atom stereocenters. The Labute approximate surface area is 146 Å². The highest BCUT2D eigenvalue weighted by Gasteiger charge is 2.24. The van der Waals surface area contributed by atoms with Crippen LogP contribution in [-0.2, 0) is 11.3 Å². The first-order valence-corrected chi connectivity index (χ1v) is 9.02. The smallest absolute Gasteiger partial charge is 0.193 e. The minimum Gasteiger partial charge on any atom is -0.375 e. The fraction of sp³-hybridized carbons (Fsp3) is 0.632. The molecule has 0 spiro atoms. The van der Waals surface area contributed by atoms with Crippen molar-refractivity contribution in [3.05, 3.63) is 35.9 Å². The number of benzene rings is 1. The average molecular weight is 332 g/mol. The Morgan fingerprint density at radius 3 is 2.88 bits per heavy atom. The van der Waals surface area contributed by atoms with E-state index in [0.29, 0.717) is 19.3 Å². The molecule has 1 aliphatic heterocycles. The number of likely N-dealkylation sites (N-methyl/N-ethyl adjacent to an activating group) is 2. The van der Waals surface area contributed by atoms with Crippen molar-refractivity contribution in [3.63, 3.8) is 0 Å². The molecule has 0 radical (unpaired) electrons. The lowest BCUT2D eigenvalue weighted by molar-refractivity contribution is 0.125. The zero-order valence-electron chi connectivity index (χ0n) is 15.4. The van der Waals surface area contributed by atoms with E-state index in [2.05, 4.69) is 46.2 Å². The molecule has 0 aliphatic carbocycles. The number of guanidine groups is 1. The van der Waals surface area contributed by atoms with Crippen LogP contribution in [0.1, 0.15) is 25.3 Å². The molecule has 1 heterocycles. The van der Waals surface area contributed by atoms with E-state index < -0.39 is 0 Å². The number of hydrogen-bond acceptors (Lipinski definition) is 3. The summed E-state index contributed by atoms with van der Waals surface area (Å²) in [6.07, 6.45) is 2.60. The molecule has 1 atom stereocenters. The third kappa shape index (κ3) is 5.80. The van der Waals surface area contributed by atoms with Gasteiger partial charge < -0.3 is 15.0 Å². The summed E-state index contributed by atoms with van der Waals surface area (Å²) >= 11 is 0. The highest BCUT2D eigenvalue weighted by atomic mass is 16.5. The Balaban J connectivity index is 1.66. The molecule has 1 aliphatic rings. The van der Waals surface area contributed by atoms with Crippen molar-refractivity contribution in [2.45, 2.75) is 32.4 Å². The van der Waals surface area contributed by atoms with Crippen LogP contribution in [0.3, 0.4) is 0 Å². The van der Waals surface area contributed by atoms with Crippen LogP contribution in [0.15, 0.2) is 35.3 Å². The van der Waals surface area contributed by atoms with Gasteiger partial charge in [0, 0.05) is 33.2 Å². The Morgan fingerprint density at radius 2 is 2.17 bits per heavy atom. The quantitative estimate of drug-likeness (QED) is 0.450. The van der Waals surface area contributed by atoms with Gasteiger partial charge in [-0.2, -0.15) is 0 Å². The Kier molecular flexibility index (Phi) is 8.05. The topological polar surface area (TPSA) is 40.1 Å². The van der Waals surface area contributed by atoms with Gasteiger partial charge in [0.05, 0.1) is 13.2 Å². The van der Waals surface area contributed by atoms with Crippen LogP contribution in [0, 0.1) is 0 Å². The second-order valence-corrected chi connectivity index (χ2v) is 6.32. The molecule has 2 rings (SSSR count). The van der Waals surface area contributed by atoms with Gasteiger partial charge in [-0.1, -0.05) is 37.3 Å². The van der Waals surface area contributed by atoms with Crippen molar-refractivity contribution in [3.8, 4) is 0 Å². The van der Waals surface area contributed by atoms with Crippen LogP contribution in [-0.4, -0.2) is 68.7 Å². The molecule has 0 amide bonds. The van der Waals surface area contributed by atoms with E-state index in [0.717, 1.165) is 25.6 Å². The van der Waals surface area contributed by atoms with Crippen LogP contribution in [0.2, 0.25) is 0 Å². The maximum absolute atomic E-state index is 5.72. The van der Waals surface area contributed by atoms with Crippen LogP contribution in [0.25, 0.3) is 0 Å². The summed E-state index contributed by atoms with van der Waals surface area (Å²) in [5.41, 5.74) is 1.21. The van der Waals surface area contributed by atoms with Crippen LogP contribution in [0.4, 0.5) is 0 Å². The number of nitrogens with one attached hydrogen (secondary N) is 1. The first kappa shape index (κ1) is 18.7. The summed E-state index contributed by atoms with van der Waals surface area (Å²) in [6.45, 7) is 7.74. The lowest BCUT2D eigenvalue weighted by Crippen LogP contribution is -2.46. The highest BCUT2D eigenvalue weighted by molar-refractivity contribution is 5.79. The summed E-state index contributed by atoms with van der Waals surface area (Å²) < 4.78 is 5.72. The van der Waals surface area contributed by atoms with Crippen LogP contribution < -0.4 is 5.32 Å². The molecule has 0 saturated carbocycles. The molecule has 1 fully saturated rings. The van der Waals surface area contributed by atoms with E-state index in [-0.39, 0.29) is 0 Å². The van der Waals surface area contributed by atoms with Gasteiger partial charge in [-0.3, -0.25) is 9.89 Å². The van der Waals surface area contributed by atoms with Crippen LogP contribution in [0.5, 0.6) is 0 Å². The molecule has 134 valence electrons. The molecule has 24 heavy (non-hydrogen) atoms. The zero-order valence-corrected chi connectivity index (χ0v) is 15.4. The van der Waals surface area contributed by atoms with Gasteiger partial charge in [0.15, 0.2) is 5.96 Å². The maximum atomic E-state index is 5.72.